The Morgan fingerprint density at radius 2 is 2.03 bits per heavy atom. The number of carbonyl (C=O) groups excluding carboxylic acids is 2. The monoisotopic (exact) mass is 425 g/mol. The molecule has 0 radical (unpaired) electrons. The lowest BCUT2D eigenvalue weighted by Crippen LogP contribution is -2.28. The summed E-state index contributed by atoms with van der Waals surface area (Å²) in [4.78, 5) is 30.8. The van der Waals surface area contributed by atoms with E-state index in [2.05, 4.69) is 10.3 Å². The van der Waals surface area contributed by atoms with E-state index < -0.39 is 11.7 Å². The lowest BCUT2D eigenvalue weighted by molar-refractivity contribution is -0.122. The number of aromatic nitrogens is 1. The zero-order valence-corrected chi connectivity index (χ0v) is 16.4. The van der Waals surface area contributed by atoms with Crippen LogP contribution in [0.5, 0.6) is 11.5 Å². The van der Waals surface area contributed by atoms with E-state index in [1.165, 1.54) is 28.4 Å². The molecule has 152 valence electrons. The van der Waals surface area contributed by atoms with Crippen LogP contribution in [0.25, 0.3) is 11.3 Å². The molecule has 2 aromatic carbocycles. The maximum Gasteiger partial charge on any atom is 0.231 e. The van der Waals surface area contributed by atoms with E-state index in [0.717, 1.165) is 5.56 Å². The van der Waals surface area contributed by atoms with Gasteiger partial charge in [0.25, 0.3) is 0 Å². The molecule has 1 atom stereocenters. The minimum atomic E-state index is -0.574. The van der Waals surface area contributed by atoms with Crippen LogP contribution in [0.2, 0.25) is 0 Å². The molecule has 0 aliphatic carbocycles. The van der Waals surface area contributed by atoms with Gasteiger partial charge in [-0.3, -0.25) is 9.59 Å². The number of hydrogen-bond donors (Lipinski definition) is 1. The Labute approximate surface area is 175 Å². The van der Waals surface area contributed by atoms with E-state index in [1.54, 1.807) is 12.1 Å². The molecule has 1 aromatic heterocycles. The highest BCUT2D eigenvalue weighted by Gasteiger charge is 2.36. The number of rotatable bonds is 4. The van der Waals surface area contributed by atoms with Crippen LogP contribution in [0.15, 0.2) is 47.8 Å². The van der Waals surface area contributed by atoms with Gasteiger partial charge in [0, 0.05) is 23.9 Å². The number of hydrogen-bond acceptors (Lipinski definition) is 6. The number of fused-ring (bicyclic) bond motifs is 1. The van der Waals surface area contributed by atoms with Crippen LogP contribution in [0.1, 0.15) is 6.42 Å². The highest BCUT2D eigenvalue weighted by atomic mass is 32.1. The van der Waals surface area contributed by atoms with E-state index in [-0.39, 0.29) is 37.3 Å². The first-order valence-electron chi connectivity index (χ1n) is 9.30. The first-order chi connectivity index (χ1) is 14.6. The second kappa shape index (κ2) is 7.42. The fourth-order valence-electron chi connectivity index (χ4n) is 3.51. The summed E-state index contributed by atoms with van der Waals surface area (Å²) in [7, 11) is 0. The average molecular weight is 425 g/mol. The third-order valence-electron chi connectivity index (χ3n) is 5.04. The topological polar surface area (TPSA) is 80.8 Å². The fraction of sp³-hybridized carbons (Fsp3) is 0.190. The first kappa shape index (κ1) is 18.6. The Hall–Kier alpha value is -3.46. The van der Waals surface area contributed by atoms with E-state index in [1.807, 2.05) is 23.6 Å². The number of nitrogens with zero attached hydrogens (tertiary/aromatic N) is 2. The highest BCUT2D eigenvalue weighted by Crippen LogP contribution is 2.36. The van der Waals surface area contributed by atoms with Crippen LogP contribution < -0.4 is 19.7 Å². The zero-order chi connectivity index (χ0) is 20.7. The quantitative estimate of drug-likeness (QED) is 0.690. The number of anilines is 2. The molecule has 3 heterocycles. The van der Waals surface area contributed by atoms with Crippen molar-refractivity contribution in [2.75, 3.05) is 23.6 Å². The predicted octanol–water partition coefficient (Wildman–Crippen LogP) is 3.67. The Morgan fingerprint density at radius 1 is 1.20 bits per heavy atom. The maximum atomic E-state index is 14.0. The molecule has 7 nitrogen and oxygen atoms in total. The van der Waals surface area contributed by atoms with Gasteiger partial charge in [-0.15, -0.1) is 11.3 Å². The third-order valence-corrected chi connectivity index (χ3v) is 5.80. The van der Waals surface area contributed by atoms with Crippen molar-refractivity contribution in [2.45, 2.75) is 6.42 Å². The molecule has 2 aliphatic heterocycles. The molecular formula is C21H16FN3O4S. The van der Waals surface area contributed by atoms with Gasteiger partial charge in [0.1, 0.15) is 5.82 Å². The van der Waals surface area contributed by atoms with Crippen LogP contribution in [-0.4, -0.2) is 30.1 Å². The molecule has 9 heteroatoms. The molecule has 2 aliphatic rings. The number of carbonyl (C=O) groups is 2. The van der Waals surface area contributed by atoms with Crippen LogP contribution in [0.4, 0.5) is 15.2 Å². The Morgan fingerprint density at radius 3 is 2.90 bits per heavy atom. The molecule has 1 fully saturated rings. The van der Waals surface area contributed by atoms with Crippen LogP contribution in [0.3, 0.4) is 0 Å². The van der Waals surface area contributed by atoms with E-state index >= 15 is 0 Å². The van der Waals surface area contributed by atoms with Crippen molar-refractivity contribution < 1.29 is 23.5 Å². The Bertz CT molecular complexity index is 1150. The number of halogens is 1. The molecule has 0 unspecified atom stereocenters. The first-order valence-corrected chi connectivity index (χ1v) is 10.2. The minimum Gasteiger partial charge on any atom is -0.454 e. The van der Waals surface area contributed by atoms with Gasteiger partial charge in [-0.25, -0.2) is 9.37 Å². The number of nitrogens with one attached hydrogen (secondary N) is 1. The smallest absolute Gasteiger partial charge is 0.231 e. The molecule has 3 aromatic rings. The Balaban J connectivity index is 1.27. The van der Waals surface area contributed by atoms with Crippen LogP contribution >= 0.6 is 11.3 Å². The van der Waals surface area contributed by atoms with Gasteiger partial charge in [0.2, 0.25) is 18.6 Å². The molecular weight excluding hydrogens is 409 g/mol. The van der Waals surface area contributed by atoms with Gasteiger partial charge in [-0.2, -0.15) is 0 Å². The van der Waals surface area contributed by atoms with Gasteiger partial charge in [-0.05, 0) is 30.3 Å². The maximum absolute atomic E-state index is 14.0. The molecule has 0 saturated carbocycles. The highest BCUT2D eigenvalue weighted by molar-refractivity contribution is 7.14. The molecule has 5 rings (SSSR count). The van der Waals surface area contributed by atoms with Gasteiger partial charge in [0.05, 0.1) is 17.3 Å². The normalized spacial score (nSPS) is 17.4. The fourth-order valence-corrected chi connectivity index (χ4v) is 4.24. The lowest BCUT2D eigenvalue weighted by atomic mass is 10.1. The molecule has 0 spiro atoms. The summed E-state index contributed by atoms with van der Waals surface area (Å²) in [5.41, 5.74) is 1.74. The van der Waals surface area contributed by atoms with E-state index in [0.29, 0.717) is 22.3 Å². The van der Waals surface area contributed by atoms with Gasteiger partial charge >= 0.3 is 0 Å². The summed E-state index contributed by atoms with van der Waals surface area (Å²) < 4.78 is 24.7. The standard InChI is InChI=1S/C21H16FN3O4S/c22-14-3-1-2-4-16(14)25-9-13(8-19(25)26)20(27)24-21-23-15(10-30-21)12-5-6-17-18(7-12)29-11-28-17/h1-7,10,13H,8-9,11H2,(H,23,24,27)/t13-/m1/s1. The summed E-state index contributed by atoms with van der Waals surface area (Å²) in [5, 5.41) is 5.04. The predicted molar refractivity (Wildman–Crippen MR) is 109 cm³/mol. The molecule has 1 N–H and O–H groups in total. The summed E-state index contributed by atoms with van der Waals surface area (Å²) in [6.45, 7) is 0.327. The SMILES string of the molecule is O=C(Nc1nc(-c2ccc3c(c2)OCO3)cs1)[C@@H]1CC(=O)N(c2ccccc2F)C1. The molecule has 30 heavy (non-hydrogen) atoms. The summed E-state index contributed by atoms with van der Waals surface area (Å²) in [6.07, 6.45) is 0.0283. The third kappa shape index (κ3) is 3.37. The zero-order valence-electron chi connectivity index (χ0n) is 15.6. The number of benzene rings is 2. The second-order valence-electron chi connectivity index (χ2n) is 6.95. The number of thiazole rings is 1. The largest absolute Gasteiger partial charge is 0.454 e. The van der Waals surface area contributed by atoms with Crippen molar-refractivity contribution in [3.8, 4) is 22.8 Å². The summed E-state index contributed by atoms with van der Waals surface area (Å²) >= 11 is 1.29. The molecule has 2 amide bonds. The van der Waals surface area contributed by atoms with Gasteiger partial charge < -0.3 is 19.7 Å². The van der Waals surface area contributed by atoms with Crippen molar-refractivity contribution in [2.24, 2.45) is 5.92 Å². The van der Waals surface area contributed by atoms with Gasteiger partial charge in [0.15, 0.2) is 16.6 Å². The van der Waals surface area contributed by atoms with Crippen molar-refractivity contribution in [1.29, 1.82) is 0 Å². The van der Waals surface area contributed by atoms with E-state index in [4.69, 9.17) is 9.47 Å². The summed E-state index contributed by atoms with van der Waals surface area (Å²) in [6, 6.07) is 11.6. The van der Waals surface area contributed by atoms with Crippen LogP contribution in [0, 0.1) is 11.7 Å². The number of para-hydroxylation sites is 1. The van der Waals surface area contributed by atoms with Crippen molar-refractivity contribution >= 4 is 34.0 Å². The van der Waals surface area contributed by atoms with Crippen LogP contribution in [-0.2, 0) is 9.59 Å². The summed E-state index contributed by atoms with van der Waals surface area (Å²) in [5.74, 6) is -0.305. The van der Waals surface area contributed by atoms with E-state index in [9.17, 15) is 14.0 Å². The second-order valence-corrected chi connectivity index (χ2v) is 7.81. The average Bonchev–Trinajstić information content (AvgIpc) is 3.47. The lowest BCUT2D eigenvalue weighted by Gasteiger charge is -2.17. The van der Waals surface area contributed by atoms with Gasteiger partial charge in [-0.1, -0.05) is 12.1 Å². The molecule has 0 bridgehead atoms. The molecule has 1 saturated heterocycles. The number of ether oxygens (including phenoxy) is 2. The van der Waals surface area contributed by atoms with Crippen molar-refractivity contribution in [1.82, 2.24) is 4.98 Å². The number of amides is 2. The Kier molecular flexibility index (Phi) is 4.59. The minimum absolute atomic E-state index is 0.0283. The van der Waals surface area contributed by atoms with Crippen molar-refractivity contribution in [3.05, 3.63) is 53.7 Å². The van der Waals surface area contributed by atoms with Crippen molar-refractivity contribution in [3.63, 3.8) is 0 Å².